The summed E-state index contributed by atoms with van der Waals surface area (Å²) in [6.07, 6.45) is 3.52. The fraction of sp³-hybridized carbons (Fsp3) is 0.0714. The molecule has 0 saturated heterocycles. The SMILES string of the molecule is O=c1cc(Cn2cnc3ccccc32)nc2sccn12. The summed E-state index contributed by atoms with van der Waals surface area (Å²) in [6.45, 7) is 0.546. The van der Waals surface area contributed by atoms with Crippen LogP contribution in [0, 0.1) is 0 Å². The molecule has 98 valence electrons. The van der Waals surface area contributed by atoms with E-state index in [0.717, 1.165) is 21.7 Å². The van der Waals surface area contributed by atoms with E-state index in [1.54, 1.807) is 23.0 Å². The lowest BCUT2D eigenvalue weighted by Crippen LogP contribution is -2.14. The number of thiazole rings is 1. The summed E-state index contributed by atoms with van der Waals surface area (Å²) in [4.78, 5) is 21.5. The maximum Gasteiger partial charge on any atom is 0.258 e. The molecule has 6 heteroatoms. The maximum atomic E-state index is 12.0. The second-order valence-electron chi connectivity index (χ2n) is 4.50. The Labute approximate surface area is 117 Å². The molecule has 4 aromatic rings. The Hall–Kier alpha value is -2.47. The van der Waals surface area contributed by atoms with Crippen molar-refractivity contribution in [1.82, 2.24) is 18.9 Å². The predicted molar refractivity (Wildman–Crippen MR) is 78.2 cm³/mol. The molecule has 0 aliphatic heterocycles. The third kappa shape index (κ3) is 1.73. The molecule has 3 heterocycles. The van der Waals surface area contributed by atoms with E-state index >= 15 is 0 Å². The minimum Gasteiger partial charge on any atom is -0.324 e. The minimum atomic E-state index is -0.0457. The van der Waals surface area contributed by atoms with Gasteiger partial charge in [0.2, 0.25) is 0 Å². The zero-order valence-electron chi connectivity index (χ0n) is 10.4. The van der Waals surface area contributed by atoms with Gasteiger partial charge in [0, 0.05) is 17.6 Å². The van der Waals surface area contributed by atoms with Crippen LogP contribution in [0.1, 0.15) is 5.69 Å². The summed E-state index contributed by atoms with van der Waals surface area (Å²) in [7, 11) is 0. The average Bonchev–Trinajstić information content (AvgIpc) is 3.07. The molecule has 0 atom stereocenters. The van der Waals surface area contributed by atoms with Gasteiger partial charge in [0.05, 0.1) is 29.6 Å². The van der Waals surface area contributed by atoms with Crippen molar-refractivity contribution in [3.63, 3.8) is 0 Å². The molecule has 0 saturated carbocycles. The largest absolute Gasteiger partial charge is 0.324 e. The fourth-order valence-electron chi connectivity index (χ4n) is 2.28. The van der Waals surface area contributed by atoms with Crippen LogP contribution < -0.4 is 5.56 Å². The van der Waals surface area contributed by atoms with E-state index in [0.29, 0.717) is 6.54 Å². The molecular weight excluding hydrogens is 272 g/mol. The van der Waals surface area contributed by atoms with Crippen LogP contribution in [0.2, 0.25) is 0 Å². The normalized spacial score (nSPS) is 11.4. The highest BCUT2D eigenvalue weighted by Crippen LogP contribution is 2.14. The van der Waals surface area contributed by atoms with Gasteiger partial charge in [-0.1, -0.05) is 12.1 Å². The molecule has 0 amide bonds. The Bertz CT molecular complexity index is 966. The van der Waals surface area contributed by atoms with Gasteiger partial charge in [-0.05, 0) is 12.1 Å². The van der Waals surface area contributed by atoms with E-state index in [1.165, 1.54) is 11.3 Å². The van der Waals surface area contributed by atoms with Gasteiger partial charge in [-0.3, -0.25) is 9.20 Å². The molecule has 0 aliphatic rings. The number of fused-ring (bicyclic) bond motifs is 2. The second-order valence-corrected chi connectivity index (χ2v) is 5.38. The summed E-state index contributed by atoms with van der Waals surface area (Å²) in [5.41, 5.74) is 2.69. The van der Waals surface area contributed by atoms with Crippen molar-refractivity contribution < 1.29 is 0 Å². The lowest BCUT2D eigenvalue weighted by atomic mass is 10.3. The standard InChI is InChI=1S/C14H10N4OS/c19-13-7-10(16-14-18(13)5-6-20-14)8-17-9-15-11-3-1-2-4-12(11)17/h1-7,9H,8H2. The fourth-order valence-corrected chi connectivity index (χ4v) is 3.02. The smallest absolute Gasteiger partial charge is 0.258 e. The lowest BCUT2D eigenvalue weighted by Gasteiger charge is -2.03. The average molecular weight is 282 g/mol. The Morgan fingerprint density at radius 3 is 3.10 bits per heavy atom. The Morgan fingerprint density at radius 1 is 1.25 bits per heavy atom. The molecule has 0 aliphatic carbocycles. The van der Waals surface area contributed by atoms with Crippen LogP contribution in [0.25, 0.3) is 16.0 Å². The summed E-state index contributed by atoms with van der Waals surface area (Å²) >= 11 is 1.46. The van der Waals surface area contributed by atoms with Crippen molar-refractivity contribution in [3.05, 3.63) is 64.3 Å². The summed E-state index contributed by atoms with van der Waals surface area (Å²) in [5.74, 6) is 0. The first-order valence-corrected chi connectivity index (χ1v) is 7.05. The molecule has 0 bridgehead atoms. The summed E-state index contributed by atoms with van der Waals surface area (Å²) in [6, 6.07) is 9.50. The topological polar surface area (TPSA) is 52.2 Å². The van der Waals surface area contributed by atoms with Gasteiger partial charge in [0.25, 0.3) is 5.56 Å². The van der Waals surface area contributed by atoms with E-state index in [-0.39, 0.29) is 5.56 Å². The molecule has 20 heavy (non-hydrogen) atoms. The molecular formula is C14H10N4OS. The molecule has 3 aromatic heterocycles. The van der Waals surface area contributed by atoms with Crippen LogP contribution in [0.4, 0.5) is 0 Å². The van der Waals surface area contributed by atoms with Gasteiger partial charge in [0.15, 0.2) is 4.96 Å². The highest BCUT2D eigenvalue weighted by molar-refractivity contribution is 7.15. The third-order valence-electron chi connectivity index (χ3n) is 3.22. The molecule has 0 fully saturated rings. The number of aromatic nitrogens is 4. The van der Waals surface area contributed by atoms with E-state index in [4.69, 9.17) is 0 Å². The molecule has 0 N–H and O–H groups in total. The first-order chi connectivity index (χ1) is 9.81. The van der Waals surface area contributed by atoms with Gasteiger partial charge < -0.3 is 4.57 Å². The van der Waals surface area contributed by atoms with E-state index < -0.39 is 0 Å². The summed E-state index contributed by atoms with van der Waals surface area (Å²) < 4.78 is 3.56. The highest BCUT2D eigenvalue weighted by Gasteiger charge is 2.06. The number of hydrogen-bond acceptors (Lipinski definition) is 4. The van der Waals surface area contributed by atoms with E-state index in [9.17, 15) is 4.79 Å². The maximum absolute atomic E-state index is 12.0. The van der Waals surface area contributed by atoms with Crippen LogP contribution in [0.5, 0.6) is 0 Å². The zero-order chi connectivity index (χ0) is 13.5. The third-order valence-corrected chi connectivity index (χ3v) is 3.97. The van der Waals surface area contributed by atoms with Crippen molar-refractivity contribution in [2.24, 2.45) is 0 Å². The number of nitrogens with zero attached hydrogens (tertiary/aromatic N) is 4. The van der Waals surface area contributed by atoms with Crippen LogP contribution in [-0.4, -0.2) is 18.9 Å². The van der Waals surface area contributed by atoms with Gasteiger partial charge in [-0.2, -0.15) is 0 Å². The zero-order valence-corrected chi connectivity index (χ0v) is 11.2. The van der Waals surface area contributed by atoms with Crippen molar-refractivity contribution >= 4 is 27.3 Å². The van der Waals surface area contributed by atoms with Gasteiger partial charge in [-0.15, -0.1) is 11.3 Å². The van der Waals surface area contributed by atoms with Crippen molar-refractivity contribution in [3.8, 4) is 0 Å². The number of benzene rings is 1. The number of imidazole rings is 1. The number of rotatable bonds is 2. The van der Waals surface area contributed by atoms with Gasteiger partial charge >= 0.3 is 0 Å². The first kappa shape index (κ1) is 11.4. The molecule has 1 aromatic carbocycles. The number of para-hydroxylation sites is 2. The first-order valence-electron chi connectivity index (χ1n) is 6.17. The van der Waals surface area contributed by atoms with Crippen LogP contribution in [0.3, 0.4) is 0 Å². The second kappa shape index (κ2) is 4.28. The van der Waals surface area contributed by atoms with E-state index in [2.05, 4.69) is 9.97 Å². The molecule has 0 spiro atoms. The van der Waals surface area contributed by atoms with Crippen LogP contribution in [0.15, 0.2) is 53.0 Å². The highest BCUT2D eigenvalue weighted by atomic mass is 32.1. The van der Waals surface area contributed by atoms with Crippen LogP contribution >= 0.6 is 11.3 Å². The molecule has 0 radical (unpaired) electrons. The van der Waals surface area contributed by atoms with Crippen molar-refractivity contribution in [2.75, 3.05) is 0 Å². The van der Waals surface area contributed by atoms with Gasteiger partial charge in [0.1, 0.15) is 0 Å². The van der Waals surface area contributed by atoms with Gasteiger partial charge in [-0.25, -0.2) is 9.97 Å². The van der Waals surface area contributed by atoms with Crippen molar-refractivity contribution in [2.45, 2.75) is 6.54 Å². The minimum absolute atomic E-state index is 0.0457. The molecule has 5 nitrogen and oxygen atoms in total. The van der Waals surface area contributed by atoms with E-state index in [1.807, 2.05) is 34.2 Å². The molecule has 4 rings (SSSR count). The molecule has 0 unspecified atom stereocenters. The Balaban J connectivity index is 1.82. The van der Waals surface area contributed by atoms with Crippen LogP contribution in [-0.2, 0) is 6.54 Å². The lowest BCUT2D eigenvalue weighted by molar-refractivity contribution is 0.793. The Kier molecular flexibility index (Phi) is 2.43. The summed E-state index contributed by atoms with van der Waals surface area (Å²) in [5, 5.41) is 1.86. The monoisotopic (exact) mass is 282 g/mol. The Morgan fingerprint density at radius 2 is 2.15 bits per heavy atom. The quantitative estimate of drug-likeness (QED) is 0.566. The van der Waals surface area contributed by atoms with Crippen molar-refractivity contribution in [1.29, 1.82) is 0 Å². The predicted octanol–water partition coefficient (Wildman–Crippen LogP) is 2.15. The number of hydrogen-bond donors (Lipinski definition) is 0.